The first-order chi connectivity index (χ1) is 8.70. The number of ether oxygens (including phenoxy) is 1. The second-order valence-corrected chi connectivity index (χ2v) is 4.53. The maximum absolute atomic E-state index is 5.42. The van der Waals surface area contributed by atoms with Gasteiger partial charge in [-0.2, -0.15) is 0 Å². The van der Waals surface area contributed by atoms with Crippen LogP contribution < -0.4 is 0 Å². The average molecular weight is 416 g/mol. The molecule has 19 heavy (non-hydrogen) atoms. The van der Waals surface area contributed by atoms with Crippen LogP contribution in [0.3, 0.4) is 0 Å². The summed E-state index contributed by atoms with van der Waals surface area (Å²) in [6, 6.07) is 8.13. The first-order valence-electron chi connectivity index (χ1n) is 6.27. The van der Waals surface area contributed by atoms with Gasteiger partial charge in [0.15, 0.2) is 0 Å². The Bertz CT molecular complexity index is 483. The Kier molecular flexibility index (Phi) is 7.51. The molecule has 1 aliphatic heterocycles. The van der Waals surface area contributed by atoms with Crippen molar-refractivity contribution in [3.8, 4) is 0 Å². The number of aliphatic imine (C=N–C) groups is 2. The molecule has 0 N–H and O–H groups in total. The Morgan fingerprint density at radius 3 is 2.79 bits per heavy atom. The van der Waals surface area contributed by atoms with Gasteiger partial charge in [-0.05, 0) is 25.6 Å². The van der Waals surface area contributed by atoms with E-state index in [-0.39, 0.29) is 53.0 Å². The van der Waals surface area contributed by atoms with E-state index in [1.165, 1.54) is 5.71 Å². The van der Waals surface area contributed by atoms with E-state index in [2.05, 4.69) is 18.0 Å². The summed E-state index contributed by atoms with van der Waals surface area (Å²) < 4.78 is 5.42. The predicted octanol–water partition coefficient (Wildman–Crippen LogP) is 3.56. The number of nitrogens with zero attached hydrogens (tertiary/aromatic N) is 2. The molecule has 4 heteroatoms. The fourth-order valence-electron chi connectivity index (χ4n) is 2.03. The molecule has 110 valence electrons. The molecule has 1 aromatic carbocycles. The summed E-state index contributed by atoms with van der Waals surface area (Å²) in [5.74, 6) is 0. The van der Waals surface area contributed by atoms with Gasteiger partial charge in [0.05, 0.1) is 5.69 Å². The van der Waals surface area contributed by atoms with Crippen LogP contribution >= 0.6 is 0 Å². The number of hydrogen-bond donors (Lipinski definition) is 0. The zero-order valence-corrected chi connectivity index (χ0v) is 13.2. The van der Waals surface area contributed by atoms with Crippen molar-refractivity contribution in [1.29, 1.82) is 0 Å². The van der Waals surface area contributed by atoms with Crippen LogP contribution in [-0.2, 0) is 4.74 Å². The van der Waals surface area contributed by atoms with Crippen molar-refractivity contribution in [2.24, 2.45) is 9.98 Å². The van der Waals surface area contributed by atoms with Crippen molar-refractivity contribution in [3.63, 3.8) is 0 Å². The van der Waals surface area contributed by atoms with Crippen LogP contribution in [0.2, 0.25) is 0 Å². The maximum atomic E-state index is 5.42. The summed E-state index contributed by atoms with van der Waals surface area (Å²) in [5.41, 5.74) is 4.29. The standard InChI is InChI=1S/C15H19N2O.Yb/c1-11-10-13(8-9-18-11)17-15-7-5-4-6-14(15)12(2)16-3;/h4-7,9,11H,8,10H2,1-3H3;/q-1;. The van der Waals surface area contributed by atoms with E-state index < -0.39 is 0 Å². The zero-order valence-electron chi connectivity index (χ0n) is 11.4. The summed E-state index contributed by atoms with van der Waals surface area (Å²) in [5, 5.41) is 0. The first-order valence-corrected chi connectivity index (χ1v) is 6.27. The molecule has 0 radical (unpaired) electrons. The molecule has 3 nitrogen and oxygen atoms in total. The Morgan fingerprint density at radius 2 is 2.11 bits per heavy atom. The normalized spacial score (nSPS) is 22.2. The van der Waals surface area contributed by atoms with Gasteiger partial charge in [0, 0.05) is 77.8 Å². The maximum Gasteiger partial charge on any atom is 0.0718 e. The van der Waals surface area contributed by atoms with Gasteiger partial charge < -0.3 is 4.74 Å². The van der Waals surface area contributed by atoms with Crippen molar-refractivity contribution in [3.05, 3.63) is 36.4 Å². The number of para-hydroxylation sites is 1. The summed E-state index contributed by atoms with van der Waals surface area (Å²) in [6.45, 7) is 5.92. The molecule has 0 aliphatic carbocycles. The summed E-state index contributed by atoms with van der Waals surface area (Å²) in [7, 11) is 1.81. The van der Waals surface area contributed by atoms with Gasteiger partial charge in [-0.25, -0.2) is 6.61 Å². The second-order valence-electron chi connectivity index (χ2n) is 4.53. The molecule has 0 bridgehead atoms. The van der Waals surface area contributed by atoms with Crippen molar-refractivity contribution in [1.82, 2.24) is 0 Å². The van der Waals surface area contributed by atoms with Gasteiger partial charge in [-0.1, -0.05) is 18.2 Å². The van der Waals surface area contributed by atoms with Crippen LogP contribution in [0.15, 0.2) is 34.3 Å². The number of rotatable bonds is 2. The fourth-order valence-corrected chi connectivity index (χ4v) is 2.03. The molecular weight excluding hydrogens is 397 g/mol. The van der Waals surface area contributed by atoms with Crippen molar-refractivity contribution >= 4 is 17.1 Å². The van der Waals surface area contributed by atoms with E-state index in [0.29, 0.717) is 0 Å². The third kappa shape index (κ3) is 4.82. The van der Waals surface area contributed by atoms with Gasteiger partial charge in [-0.15, -0.1) is 6.42 Å². The van der Waals surface area contributed by atoms with Crippen LogP contribution in [0.1, 0.15) is 32.3 Å². The largest absolute Gasteiger partial charge is 0.549 e. The number of hydrogen-bond acceptors (Lipinski definition) is 3. The van der Waals surface area contributed by atoms with Gasteiger partial charge in [-0.3, -0.25) is 9.98 Å². The van der Waals surface area contributed by atoms with Crippen LogP contribution in [0, 0.1) is 53.5 Å². The van der Waals surface area contributed by atoms with E-state index in [9.17, 15) is 0 Å². The van der Waals surface area contributed by atoms with Gasteiger partial charge >= 0.3 is 0 Å². The van der Waals surface area contributed by atoms with Gasteiger partial charge in [0.2, 0.25) is 0 Å². The summed E-state index contributed by atoms with van der Waals surface area (Å²) in [4.78, 5) is 9.00. The van der Waals surface area contributed by atoms with E-state index in [1.807, 2.05) is 38.8 Å². The van der Waals surface area contributed by atoms with Gasteiger partial charge in [0.1, 0.15) is 0 Å². The molecule has 1 atom stereocenters. The average Bonchev–Trinajstić information content (AvgIpc) is 2.38. The SMILES string of the molecule is CN=C(C)c1ccccc1N=C1C[CH-]OC(C)C1.[Yb]. The van der Waals surface area contributed by atoms with E-state index in [1.54, 1.807) is 0 Å². The Hall–Kier alpha value is 0.0395. The minimum Gasteiger partial charge on any atom is -0.549 e. The smallest absolute Gasteiger partial charge is 0.0718 e. The van der Waals surface area contributed by atoms with E-state index in [0.717, 1.165) is 29.8 Å². The van der Waals surface area contributed by atoms with Crippen molar-refractivity contribution in [2.75, 3.05) is 7.05 Å². The quantitative estimate of drug-likeness (QED) is 0.536. The van der Waals surface area contributed by atoms with Crippen LogP contribution in [-0.4, -0.2) is 24.6 Å². The van der Waals surface area contributed by atoms with E-state index >= 15 is 0 Å². The number of benzene rings is 1. The Balaban J connectivity index is 0.00000180. The van der Waals surface area contributed by atoms with Crippen molar-refractivity contribution < 1.29 is 51.7 Å². The fraction of sp³-hybridized carbons (Fsp3) is 0.400. The Morgan fingerprint density at radius 1 is 1.37 bits per heavy atom. The van der Waals surface area contributed by atoms with E-state index in [4.69, 9.17) is 9.73 Å². The van der Waals surface area contributed by atoms with Gasteiger partial charge in [0.25, 0.3) is 0 Å². The molecule has 1 heterocycles. The summed E-state index contributed by atoms with van der Waals surface area (Å²) in [6.07, 6.45) is 1.93. The molecule has 1 saturated heterocycles. The third-order valence-electron chi connectivity index (χ3n) is 3.08. The molecule has 0 spiro atoms. The topological polar surface area (TPSA) is 34.0 Å². The van der Waals surface area contributed by atoms with Crippen LogP contribution in [0.25, 0.3) is 0 Å². The molecular formula is C15H19N2OYb-. The van der Waals surface area contributed by atoms with Crippen molar-refractivity contribution in [2.45, 2.75) is 32.8 Å². The molecule has 0 saturated carbocycles. The predicted molar refractivity (Wildman–Crippen MR) is 75.8 cm³/mol. The Labute approximate surface area is 153 Å². The molecule has 0 amide bonds. The minimum atomic E-state index is 0. The van der Waals surface area contributed by atoms with Crippen LogP contribution in [0.5, 0.6) is 0 Å². The molecule has 1 unspecified atom stereocenters. The molecule has 1 aliphatic rings. The molecule has 2 rings (SSSR count). The summed E-state index contributed by atoms with van der Waals surface area (Å²) >= 11 is 0. The second kappa shape index (κ2) is 8.35. The zero-order chi connectivity index (χ0) is 13.0. The molecule has 1 fully saturated rings. The van der Waals surface area contributed by atoms with Crippen LogP contribution in [0.4, 0.5) is 5.69 Å². The first kappa shape index (κ1) is 17.1. The molecule has 0 aromatic heterocycles. The monoisotopic (exact) mass is 417 g/mol. The minimum absolute atomic E-state index is 0. The molecule has 1 aromatic rings. The third-order valence-corrected chi connectivity index (χ3v) is 3.08.